The summed E-state index contributed by atoms with van der Waals surface area (Å²) in [5.41, 5.74) is 0. The van der Waals surface area contributed by atoms with Crippen molar-refractivity contribution in [1.29, 1.82) is 0 Å². The average Bonchev–Trinajstić information content (AvgIpc) is 2.82. The fraction of sp³-hybridized carbons (Fsp3) is 0.900. The SMILES string of the molecule is CCNC(=S)NC1CCC2CC2C1. The van der Waals surface area contributed by atoms with Crippen LogP contribution in [-0.2, 0) is 0 Å². The average molecular weight is 198 g/mol. The van der Waals surface area contributed by atoms with Crippen molar-refractivity contribution in [3.05, 3.63) is 0 Å². The van der Waals surface area contributed by atoms with Gasteiger partial charge in [-0.15, -0.1) is 0 Å². The molecule has 0 aromatic rings. The molecule has 0 saturated heterocycles. The first-order chi connectivity index (χ1) is 6.29. The second-order valence-corrected chi connectivity index (χ2v) is 4.68. The number of fused-ring (bicyclic) bond motifs is 1. The van der Waals surface area contributed by atoms with Crippen LogP contribution in [0.5, 0.6) is 0 Å². The lowest BCUT2D eigenvalue weighted by Crippen LogP contribution is -2.42. The first-order valence-corrected chi connectivity index (χ1v) is 5.74. The first kappa shape index (κ1) is 9.25. The summed E-state index contributed by atoms with van der Waals surface area (Å²) < 4.78 is 0. The third-order valence-electron chi connectivity index (χ3n) is 3.21. The highest BCUT2D eigenvalue weighted by atomic mass is 32.1. The van der Waals surface area contributed by atoms with Gasteiger partial charge in [0.1, 0.15) is 0 Å². The molecule has 0 bridgehead atoms. The second kappa shape index (κ2) is 3.82. The van der Waals surface area contributed by atoms with Crippen LogP contribution in [-0.4, -0.2) is 17.7 Å². The highest BCUT2D eigenvalue weighted by Gasteiger charge is 2.41. The van der Waals surface area contributed by atoms with E-state index in [0.29, 0.717) is 6.04 Å². The first-order valence-electron chi connectivity index (χ1n) is 5.34. The van der Waals surface area contributed by atoms with Crippen molar-refractivity contribution in [2.24, 2.45) is 11.8 Å². The molecule has 2 nitrogen and oxygen atoms in total. The molecule has 2 N–H and O–H groups in total. The number of rotatable bonds is 2. The van der Waals surface area contributed by atoms with Crippen LogP contribution in [0.3, 0.4) is 0 Å². The van der Waals surface area contributed by atoms with Gasteiger partial charge in [-0.05, 0) is 56.7 Å². The minimum atomic E-state index is 0.648. The van der Waals surface area contributed by atoms with Crippen molar-refractivity contribution in [2.45, 2.75) is 38.6 Å². The van der Waals surface area contributed by atoms with Gasteiger partial charge in [0.15, 0.2) is 5.11 Å². The largest absolute Gasteiger partial charge is 0.363 e. The predicted molar refractivity (Wildman–Crippen MR) is 58.6 cm³/mol. The highest BCUT2D eigenvalue weighted by Crippen LogP contribution is 2.49. The standard InChI is InChI=1S/C10H18N2S/c1-2-11-10(13)12-9-4-3-7-5-8(7)6-9/h7-9H,2-6H2,1H3,(H2,11,12,13). The van der Waals surface area contributed by atoms with E-state index in [0.717, 1.165) is 23.5 Å². The Balaban J connectivity index is 1.71. The van der Waals surface area contributed by atoms with Gasteiger partial charge in [-0.1, -0.05) is 0 Å². The lowest BCUT2D eigenvalue weighted by molar-refractivity contribution is 0.395. The van der Waals surface area contributed by atoms with E-state index in [2.05, 4.69) is 17.6 Å². The topological polar surface area (TPSA) is 24.1 Å². The zero-order valence-corrected chi connectivity index (χ0v) is 8.99. The van der Waals surface area contributed by atoms with E-state index in [1.165, 1.54) is 25.7 Å². The quantitative estimate of drug-likeness (QED) is 0.660. The summed E-state index contributed by atoms with van der Waals surface area (Å²) in [5, 5.41) is 7.38. The van der Waals surface area contributed by atoms with Gasteiger partial charge in [-0.25, -0.2) is 0 Å². The Morgan fingerprint density at radius 3 is 2.85 bits per heavy atom. The zero-order chi connectivity index (χ0) is 9.26. The van der Waals surface area contributed by atoms with Gasteiger partial charge in [0.05, 0.1) is 0 Å². The van der Waals surface area contributed by atoms with E-state index in [-0.39, 0.29) is 0 Å². The van der Waals surface area contributed by atoms with Crippen LogP contribution < -0.4 is 10.6 Å². The molecule has 0 aliphatic heterocycles. The molecule has 0 aromatic carbocycles. The summed E-state index contributed by atoms with van der Waals surface area (Å²) in [5.74, 6) is 2.10. The summed E-state index contributed by atoms with van der Waals surface area (Å²) in [4.78, 5) is 0. The van der Waals surface area contributed by atoms with Crippen LogP contribution in [0.1, 0.15) is 32.6 Å². The Labute approximate surface area is 85.5 Å². The monoisotopic (exact) mass is 198 g/mol. The number of hydrogen-bond donors (Lipinski definition) is 2. The fourth-order valence-corrected chi connectivity index (χ4v) is 2.69. The van der Waals surface area contributed by atoms with E-state index in [1.807, 2.05) is 0 Å². The van der Waals surface area contributed by atoms with Crippen molar-refractivity contribution in [2.75, 3.05) is 6.54 Å². The van der Waals surface area contributed by atoms with E-state index >= 15 is 0 Å². The molecule has 3 atom stereocenters. The van der Waals surface area contributed by atoms with Gasteiger partial charge in [-0.3, -0.25) is 0 Å². The Hall–Kier alpha value is -0.310. The fourth-order valence-electron chi connectivity index (χ4n) is 2.38. The number of hydrogen-bond acceptors (Lipinski definition) is 1. The van der Waals surface area contributed by atoms with Gasteiger partial charge < -0.3 is 10.6 Å². The Morgan fingerprint density at radius 2 is 2.15 bits per heavy atom. The summed E-state index contributed by atoms with van der Waals surface area (Å²) in [6.07, 6.45) is 5.55. The van der Waals surface area contributed by atoms with Gasteiger partial charge in [0, 0.05) is 12.6 Å². The third-order valence-corrected chi connectivity index (χ3v) is 3.48. The molecule has 2 aliphatic rings. The molecule has 74 valence electrons. The molecule has 2 aliphatic carbocycles. The Morgan fingerprint density at radius 1 is 1.31 bits per heavy atom. The summed E-state index contributed by atoms with van der Waals surface area (Å²) in [6, 6.07) is 0.648. The summed E-state index contributed by atoms with van der Waals surface area (Å²) in [6.45, 7) is 3.00. The van der Waals surface area contributed by atoms with Crippen LogP contribution in [0.2, 0.25) is 0 Å². The molecule has 0 radical (unpaired) electrons. The molecule has 0 amide bonds. The van der Waals surface area contributed by atoms with E-state index in [4.69, 9.17) is 12.2 Å². The third kappa shape index (κ3) is 2.33. The molecule has 2 rings (SSSR count). The van der Waals surface area contributed by atoms with E-state index in [1.54, 1.807) is 0 Å². The molecular formula is C10H18N2S. The van der Waals surface area contributed by atoms with Gasteiger partial charge in [0.25, 0.3) is 0 Å². The highest BCUT2D eigenvalue weighted by molar-refractivity contribution is 7.80. The van der Waals surface area contributed by atoms with Gasteiger partial charge >= 0.3 is 0 Å². The second-order valence-electron chi connectivity index (χ2n) is 4.27. The Bertz CT molecular complexity index is 205. The molecule has 3 heteroatoms. The van der Waals surface area contributed by atoms with Crippen molar-refractivity contribution in [3.63, 3.8) is 0 Å². The maximum absolute atomic E-state index is 5.16. The van der Waals surface area contributed by atoms with Crippen molar-refractivity contribution < 1.29 is 0 Å². The maximum Gasteiger partial charge on any atom is 0.166 e. The summed E-state index contributed by atoms with van der Waals surface area (Å²) in [7, 11) is 0. The lowest BCUT2D eigenvalue weighted by atomic mass is 9.96. The van der Waals surface area contributed by atoms with E-state index in [9.17, 15) is 0 Å². The summed E-state index contributed by atoms with van der Waals surface area (Å²) >= 11 is 5.16. The minimum Gasteiger partial charge on any atom is -0.363 e. The van der Waals surface area contributed by atoms with Crippen molar-refractivity contribution >= 4 is 17.3 Å². The van der Waals surface area contributed by atoms with Crippen LogP contribution in [0.15, 0.2) is 0 Å². The molecule has 0 spiro atoms. The molecule has 3 unspecified atom stereocenters. The molecular weight excluding hydrogens is 180 g/mol. The van der Waals surface area contributed by atoms with E-state index < -0.39 is 0 Å². The van der Waals surface area contributed by atoms with Crippen LogP contribution in [0.25, 0.3) is 0 Å². The molecule has 13 heavy (non-hydrogen) atoms. The van der Waals surface area contributed by atoms with Gasteiger partial charge in [-0.2, -0.15) is 0 Å². The van der Waals surface area contributed by atoms with Crippen molar-refractivity contribution in [3.8, 4) is 0 Å². The molecule has 0 aromatic heterocycles. The van der Waals surface area contributed by atoms with Crippen molar-refractivity contribution in [1.82, 2.24) is 10.6 Å². The minimum absolute atomic E-state index is 0.648. The molecule has 2 saturated carbocycles. The van der Waals surface area contributed by atoms with Crippen LogP contribution >= 0.6 is 12.2 Å². The predicted octanol–water partition coefficient (Wildman–Crippen LogP) is 1.66. The maximum atomic E-state index is 5.16. The van der Waals surface area contributed by atoms with Crippen LogP contribution in [0.4, 0.5) is 0 Å². The number of nitrogens with one attached hydrogen (secondary N) is 2. The zero-order valence-electron chi connectivity index (χ0n) is 8.18. The Kier molecular flexibility index (Phi) is 2.72. The number of thiocarbonyl (C=S) groups is 1. The van der Waals surface area contributed by atoms with Gasteiger partial charge in [0.2, 0.25) is 0 Å². The van der Waals surface area contributed by atoms with Crippen LogP contribution in [0, 0.1) is 11.8 Å². The molecule has 2 fully saturated rings. The smallest absolute Gasteiger partial charge is 0.166 e. The normalized spacial score (nSPS) is 36.2. The lowest BCUT2D eigenvalue weighted by Gasteiger charge is -2.23. The molecule has 0 heterocycles.